The molecule has 0 radical (unpaired) electrons. The van der Waals surface area contributed by atoms with Gasteiger partial charge in [0, 0.05) is 6.42 Å². The summed E-state index contributed by atoms with van der Waals surface area (Å²) in [6, 6.07) is -0.838. The van der Waals surface area contributed by atoms with E-state index in [0.29, 0.717) is 12.8 Å². The van der Waals surface area contributed by atoms with Crippen LogP contribution in [0, 0.1) is 0 Å². The minimum atomic E-state index is -1.78. The van der Waals surface area contributed by atoms with Gasteiger partial charge in [0.1, 0.15) is 48.8 Å². The Balaban J connectivity index is 1.68. The van der Waals surface area contributed by atoms with Gasteiger partial charge in [-0.2, -0.15) is 0 Å². The summed E-state index contributed by atoms with van der Waals surface area (Å²) in [5, 5.41) is 87.3. The quantitative estimate of drug-likeness (QED) is 0.0204. The standard InChI is InChI=1S/C63H117NO13/c1-3-5-7-9-11-13-15-17-19-20-21-22-23-24-25-26-27-28-29-30-31-33-34-36-38-40-42-44-46-52(67)51(64-55(68)47-45-43-41-39-37-35-32-18-16-14-12-10-8-6-4-2)50-74-62-60(73)58(71)61(54(49-66)76-62)77-63-59(72)57(70)56(69)53(48-65)75-63/h6,8,12,14,18,32,51-54,56-63,65-67,69-73H,3-5,7,9-11,13,15-17,19-31,33-50H2,1-2H3,(H,64,68)/b8-6-,14-12-,32-18-. The first kappa shape index (κ1) is 71.3. The van der Waals surface area contributed by atoms with Crippen LogP contribution in [-0.4, -0.2) is 140 Å². The van der Waals surface area contributed by atoms with Gasteiger partial charge in [-0.15, -0.1) is 0 Å². The van der Waals surface area contributed by atoms with E-state index < -0.39 is 86.8 Å². The molecule has 0 aromatic carbocycles. The van der Waals surface area contributed by atoms with Crippen molar-refractivity contribution in [2.75, 3.05) is 19.8 Å². The molecule has 12 atom stereocenters. The maximum Gasteiger partial charge on any atom is 0.220 e. The van der Waals surface area contributed by atoms with E-state index in [4.69, 9.17) is 18.9 Å². The van der Waals surface area contributed by atoms with E-state index in [9.17, 15) is 45.6 Å². The first-order valence-corrected chi connectivity index (χ1v) is 31.7. The van der Waals surface area contributed by atoms with Crippen molar-refractivity contribution in [3.8, 4) is 0 Å². The zero-order chi connectivity index (χ0) is 56.0. The van der Waals surface area contributed by atoms with E-state index in [1.165, 1.54) is 154 Å². The van der Waals surface area contributed by atoms with Crippen LogP contribution in [0.5, 0.6) is 0 Å². The molecule has 0 aromatic rings. The van der Waals surface area contributed by atoms with Gasteiger partial charge in [-0.25, -0.2) is 0 Å². The smallest absolute Gasteiger partial charge is 0.220 e. The van der Waals surface area contributed by atoms with Crippen LogP contribution in [0.2, 0.25) is 0 Å². The highest BCUT2D eigenvalue weighted by Gasteiger charge is 2.51. The Bertz CT molecular complexity index is 1430. The predicted molar refractivity (Wildman–Crippen MR) is 309 cm³/mol. The van der Waals surface area contributed by atoms with E-state index in [-0.39, 0.29) is 18.9 Å². The molecule has 14 heteroatoms. The summed E-state index contributed by atoms with van der Waals surface area (Å²) in [5.41, 5.74) is 0. The van der Waals surface area contributed by atoms with E-state index in [1.807, 2.05) is 0 Å². The molecule has 0 aromatic heterocycles. The number of amides is 1. The van der Waals surface area contributed by atoms with Crippen LogP contribution < -0.4 is 5.32 Å². The zero-order valence-electron chi connectivity index (χ0n) is 48.7. The Hall–Kier alpha value is -1.79. The minimum absolute atomic E-state index is 0.222. The molecule has 2 rings (SSSR count). The molecule has 0 aliphatic carbocycles. The molecule has 0 saturated carbocycles. The maximum absolute atomic E-state index is 13.3. The number of nitrogens with one attached hydrogen (secondary N) is 1. The van der Waals surface area contributed by atoms with Gasteiger partial charge in [0.15, 0.2) is 12.6 Å². The molecule has 0 spiro atoms. The number of carbonyl (C=O) groups is 1. The molecule has 452 valence electrons. The SMILES string of the molecule is CC/C=C\C/C=C\C/C=C\CCCCCCCC(=O)NC(COC1OC(CO)C(OC2OC(CO)C(O)C(O)C2O)C(O)C1O)C(O)CCCCCCCCCCCCCCCCCCCCCCCCCCCCCC. The third kappa shape index (κ3) is 34.3. The van der Waals surface area contributed by atoms with Crippen LogP contribution in [0.25, 0.3) is 0 Å². The van der Waals surface area contributed by atoms with Gasteiger partial charge in [-0.3, -0.25) is 4.79 Å². The summed E-state index contributed by atoms with van der Waals surface area (Å²) >= 11 is 0. The van der Waals surface area contributed by atoms with Gasteiger partial charge in [-0.05, 0) is 44.9 Å². The Morgan fingerprint density at radius 1 is 0.481 bits per heavy atom. The lowest BCUT2D eigenvalue weighted by atomic mass is 9.97. The molecule has 2 saturated heterocycles. The van der Waals surface area contributed by atoms with Crippen molar-refractivity contribution < 1.29 is 64.6 Å². The Morgan fingerprint density at radius 2 is 0.896 bits per heavy atom. The van der Waals surface area contributed by atoms with Gasteiger partial charge >= 0.3 is 0 Å². The second-order valence-electron chi connectivity index (χ2n) is 22.5. The zero-order valence-corrected chi connectivity index (χ0v) is 48.7. The van der Waals surface area contributed by atoms with Crippen LogP contribution in [0.1, 0.15) is 264 Å². The highest BCUT2D eigenvalue weighted by molar-refractivity contribution is 5.76. The van der Waals surface area contributed by atoms with Gasteiger partial charge in [0.05, 0.1) is 32.0 Å². The van der Waals surface area contributed by atoms with Crippen molar-refractivity contribution >= 4 is 5.91 Å². The van der Waals surface area contributed by atoms with E-state index >= 15 is 0 Å². The Kier molecular flexibility index (Phi) is 45.3. The second-order valence-corrected chi connectivity index (χ2v) is 22.5. The number of aliphatic hydroxyl groups is 8. The van der Waals surface area contributed by atoms with E-state index in [2.05, 4.69) is 55.6 Å². The molecule has 77 heavy (non-hydrogen) atoms. The molecular formula is C63H117NO13. The first-order chi connectivity index (χ1) is 37.6. The van der Waals surface area contributed by atoms with Crippen molar-refractivity contribution in [1.82, 2.24) is 5.32 Å². The van der Waals surface area contributed by atoms with Crippen molar-refractivity contribution in [2.45, 2.75) is 338 Å². The first-order valence-electron chi connectivity index (χ1n) is 31.7. The highest BCUT2D eigenvalue weighted by Crippen LogP contribution is 2.30. The summed E-state index contributed by atoms with van der Waals surface area (Å²) in [5.74, 6) is -0.222. The number of unbranched alkanes of at least 4 members (excludes halogenated alkanes) is 32. The van der Waals surface area contributed by atoms with Crippen molar-refractivity contribution in [1.29, 1.82) is 0 Å². The Labute approximate surface area is 468 Å². The molecule has 12 unspecified atom stereocenters. The number of rotatable bonds is 51. The fraction of sp³-hybridized carbons (Fsp3) is 0.889. The molecule has 2 aliphatic rings. The second kappa shape index (κ2) is 48.9. The lowest BCUT2D eigenvalue weighted by Crippen LogP contribution is -2.65. The van der Waals surface area contributed by atoms with Gasteiger partial charge < -0.3 is 65.1 Å². The third-order valence-electron chi connectivity index (χ3n) is 15.6. The Morgan fingerprint density at radius 3 is 1.38 bits per heavy atom. The number of hydrogen-bond acceptors (Lipinski definition) is 13. The number of ether oxygens (including phenoxy) is 4. The normalized spacial score (nSPS) is 24.9. The number of allylic oxidation sites excluding steroid dienone is 6. The number of aliphatic hydroxyl groups excluding tert-OH is 8. The largest absolute Gasteiger partial charge is 0.394 e. The third-order valence-corrected chi connectivity index (χ3v) is 15.6. The number of carbonyl (C=O) groups excluding carboxylic acids is 1. The predicted octanol–water partition coefficient (Wildman–Crippen LogP) is 11.4. The molecule has 2 fully saturated rings. The lowest BCUT2D eigenvalue weighted by Gasteiger charge is -2.46. The van der Waals surface area contributed by atoms with E-state index in [0.717, 1.165) is 77.0 Å². The summed E-state index contributed by atoms with van der Waals surface area (Å²) in [6.07, 6.45) is 43.0. The fourth-order valence-electron chi connectivity index (χ4n) is 10.5. The van der Waals surface area contributed by atoms with Crippen LogP contribution in [0.15, 0.2) is 36.5 Å². The monoisotopic (exact) mass is 1100 g/mol. The lowest BCUT2D eigenvalue weighted by molar-refractivity contribution is -0.359. The molecule has 2 heterocycles. The summed E-state index contributed by atoms with van der Waals surface area (Å²) in [7, 11) is 0. The highest BCUT2D eigenvalue weighted by atomic mass is 16.7. The molecule has 14 nitrogen and oxygen atoms in total. The van der Waals surface area contributed by atoms with Crippen LogP contribution in [-0.2, 0) is 23.7 Å². The molecule has 0 bridgehead atoms. The van der Waals surface area contributed by atoms with Crippen LogP contribution in [0.3, 0.4) is 0 Å². The van der Waals surface area contributed by atoms with Crippen LogP contribution in [0.4, 0.5) is 0 Å². The molecular weight excluding hydrogens is 979 g/mol. The van der Waals surface area contributed by atoms with Gasteiger partial charge in [-0.1, -0.05) is 249 Å². The topological polar surface area (TPSA) is 228 Å². The summed E-state index contributed by atoms with van der Waals surface area (Å²) in [4.78, 5) is 13.3. The van der Waals surface area contributed by atoms with Crippen LogP contribution >= 0.6 is 0 Å². The van der Waals surface area contributed by atoms with Crippen molar-refractivity contribution in [3.63, 3.8) is 0 Å². The van der Waals surface area contributed by atoms with Gasteiger partial charge in [0.2, 0.25) is 5.91 Å². The minimum Gasteiger partial charge on any atom is -0.394 e. The molecule has 1 amide bonds. The average molecular weight is 1100 g/mol. The summed E-state index contributed by atoms with van der Waals surface area (Å²) < 4.78 is 22.8. The number of hydrogen-bond donors (Lipinski definition) is 9. The maximum atomic E-state index is 13.3. The molecule has 9 N–H and O–H groups in total. The molecule has 2 aliphatic heterocycles. The van der Waals surface area contributed by atoms with E-state index in [1.54, 1.807) is 0 Å². The van der Waals surface area contributed by atoms with Crippen molar-refractivity contribution in [3.05, 3.63) is 36.5 Å². The van der Waals surface area contributed by atoms with Crippen molar-refractivity contribution in [2.24, 2.45) is 0 Å². The summed E-state index contributed by atoms with van der Waals surface area (Å²) in [6.45, 7) is 2.76. The average Bonchev–Trinajstić information content (AvgIpc) is 3.44. The fourth-order valence-corrected chi connectivity index (χ4v) is 10.5. The van der Waals surface area contributed by atoms with Gasteiger partial charge in [0.25, 0.3) is 0 Å².